The van der Waals surface area contributed by atoms with Gasteiger partial charge in [0, 0.05) is 50.3 Å². The van der Waals surface area contributed by atoms with Gasteiger partial charge in [0.25, 0.3) is 5.91 Å². The second kappa shape index (κ2) is 7.59. The summed E-state index contributed by atoms with van der Waals surface area (Å²) in [5, 5.41) is 3.64. The molecule has 4 nitrogen and oxygen atoms in total. The van der Waals surface area contributed by atoms with Crippen LogP contribution in [0, 0.1) is 5.82 Å². The van der Waals surface area contributed by atoms with E-state index in [1.165, 1.54) is 12.1 Å². The van der Waals surface area contributed by atoms with Gasteiger partial charge in [-0.2, -0.15) is 0 Å². The van der Waals surface area contributed by atoms with Crippen molar-refractivity contribution in [2.75, 3.05) is 39.3 Å². The van der Waals surface area contributed by atoms with E-state index in [-0.39, 0.29) is 23.9 Å². The monoisotopic (exact) mass is 347 g/mol. The Balaban J connectivity index is 0.00000176. The van der Waals surface area contributed by atoms with Gasteiger partial charge in [-0.05, 0) is 24.6 Å². The first-order valence-corrected chi connectivity index (χ1v) is 7.72. The van der Waals surface area contributed by atoms with Crippen molar-refractivity contribution in [3.8, 4) is 0 Å². The zero-order chi connectivity index (χ0) is 14.8. The fraction of sp³-hybridized carbons (Fsp3) is 0.533. The maximum Gasteiger partial charge on any atom is 0.256 e. The molecule has 0 saturated carbocycles. The van der Waals surface area contributed by atoms with Crippen molar-refractivity contribution >= 4 is 29.9 Å². The molecular formula is C15H20Cl2FN3O. The molecule has 0 bridgehead atoms. The zero-order valence-electron chi connectivity index (χ0n) is 12.2. The minimum Gasteiger partial charge on any atom is -0.337 e. The molecule has 1 unspecified atom stereocenters. The Hall–Kier alpha value is -0.880. The Morgan fingerprint density at radius 1 is 1.27 bits per heavy atom. The summed E-state index contributed by atoms with van der Waals surface area (Å²) in [5.74, 6) is -0.778. The third-order valence-electron chi connectivity index (χ3n) is 4.28. The summed E-state index contributed by atoms with van der Waals surface area (Å²) in [6, 6.07) is 4.62. The average molecular weight is 348 g/mol. The number of amides is 1. The van der Waals surface area contributed by atoms with Crippen LogP contribution in [0.25, 0.3) is 0 Å². The number of nitrogens with one attached hydrogen (secondary N) is 1. The van der Waals surface area contributed by atoms with Crippen LogP contribution in [-0.2, 0) is 0 Å². The quantitative estimate of drug-likeness (QED) is 0.888. The average Bonchev–Trinajstić information content (AvgIpc) is 2.97. The SMILES string of the molecule is Cl.O=C(c1ccc(Cl)cc1F)N1CCC(N2CCNCC2)C1. The molecule has 1 atom stereocenters. The van der Waals surface area contributed by atoms with Crippen LogP contribution >= 0.6 is 24.0 Å². The Morgan fingerprint density at radius 2 is 2.00 bits per heavy atom. The molecule has 1 aromatic rings. The smallest absolute Gasteiger partial charge is 0.256 e. The van der Waals surface area contributed by atoms with Crippen LogP contribution in [0.5, 0.6) is 0 Å². The molecule has 0 spiro atoms. The predicted molar refractivity (Wildman–Crippen MR) is 87.4 cm³/mol. The van der Waals surface area contributed by atoms with Crippen molar-refractivity contribution < 1.29 is 9.18 Å². The number of nitrogens with zero attached hydrogens (tertiary/aromatic N) is 2. The molecule has 0 aromatic heterocycles. The topological polar surface area (TPSA) is 35.6 Å². The number of hydrogen-bond acceptors (Lipinski definition) is 3. The Bertz CT molecular complexity index is 538. The molecule has 1 amide bonds. The summed E-state index contributed by atoms with van der Waals surface area (Å²) >= 11 is 5.73. The molecule has 2 aliphatic rings. The highest BCUT2D eigenvalue weighted by Gasteiger charge is 2.32. The van der Waals surface area contributed by atoms with E-state index >= 15 is 0 Å². The molecule has 0 aliphatic carbocycles. The zero-order valence-corrected chi connectivity index (χ0v) is 13.8. The van der Waals surface area contributed by atoms with Crippen LogP contribution in [-0.4, -0.2) is 61.0 Å². The summed E-state index contributed by atoms with van der Waals surface area (Å²) in [4.78, 5) is 16.6. The number of carbonyl (C=O) groups is 1. The molecule has 2 heterocycles. The molecule has 7 heteroatoms. The molecule has 1 aromatic carbocycles. The van der Waals surface area contributed by atoms with Crippen molar-refractivity contribution in [1.29, 1.82) is 0 Å². The van der Waals surface area contributed by atoms with Crippen molar-refractivity contribution in [2.45, 2.75) is 12.5 Å². The number of benzene rings is 1. The van der Waals surface area contributed by atoms with Gasteiger partial charge < -0.3 is 10.2 Å². The number of likely N-dealkylation sites (tertiary alicyclic amines) is 1. The number of rotatable bonds is 2. The first kappa shape index (κ1) is 17.5. The predicted octanol–water partition coefficient (Wildman–Crippen LogP) is 2.02. The molecular weight excluding hydrogens is 328 g/mol. The van der Waals surface area contributed by atoms with Gasteiger partial charge in [-0.3, -0.25) is 9.69 Å². The Morgan fingerprint density at radius 3 is 2.68 bits per heavy atom. The molecule has 3 rings (SSSR count). The van der Waals surface area contributed by atoms with E-state index in [1.54, 1.807) is 11.0 Å². The van der Waals surface area contributed by atoms with Crippen molar-refractivity contribution in [1.82, 2.24) is 15.1 Å². The Labute approximate surface area is 141 Å². The standard InChI is InChI=1S/C15H19ClFN3O.ClH/c16-11-1-2-13(14(17)9-11)15(21)20-6-3-12(10-20)19-7-4-18-5-8-19;/h1-2,9,12,18H,3-8,10H2;1H. The summed E-state index contributed by atoms with van der Waals surface area (Å²) in [6.07, 6.45) is 0.959. The molecule has 2 fully saturated rings. The number of piperazine rings is 1. The van der Waals surface area contributed by atoms with Gasteiger partial charge >= 0.3 is 0 Å². The molecule has 0 radical (unpaired) electrons. The second-order valence-corrected chi connectivity index (χ2v) is 6.04. The van der Waals surface area contributed by atoms with Crippen molar-refractivity contribution in [3.63, 3.8) is 0 Å². The summed E-state index contributed by atoms with van der Waals surface area (Å²) in [5.41, 5.74) is 0.111. The molecule has 2 aliphatic heterocycles. The van der Waals surface area contributed by atoms with E-state index in [4.69, 9.17) is 11.6 Å². The van der Waals surface area contributed by atoms with Gasteiger partial charge in [-0.1, -0.05) is 11.6 Å². The third-order valence-corrected chi connectivity index (χ3v) is 4.52. The lowest BCUT2D eigenvalue weighted by Gasteiger charge is -2.32. The maximum atomic E-state index is 13.9. The van der Waals surface area contributed by atoms with Crippen molar-refractivity contribution in [2.24, 2.45) is 0 Å². The number of carbonyl (C=O) groups excluding carboxylic acids is 1. The minimum absolute atomic E-state index is 0. The summed E-state index contributed by atoms with van der Waals surface area (Å²) in [7, 11) is 0. The lowest BCUT2D eigenvalue weighted by Crippen LogP contribution is -2.49. The fourth-order valence-corrected chi connectivity index (χ4v) is 3.26. The first-order chi connectivity index (χ1) is 10.1. The van der Waals surface area contributed by atoms with Crippen LogP contribution < -0.4 is 5.32 Å². The number of halogens is 3. The third kappa shape index (κ3) is 3.71. The van der Waals surface area contributed by atoms with E-state index in [0.29, 0.717) is 24.2 Å². The van der Waals surface area contributed by atoms with E-state index in [2.05, 4.69) is 10.2 Å². The Kier molecular flexibility index (Phi) is 6.03. The lowest BCUT2D eigenvalue weighted by molar-refractivity contribution is 0.0769. The van der Waals surface area contributed by atoms with E-state index in [1.807, 2.05) is 0 Å². The summed E-state index contributed by atoms with van der Waals surface area (Å²) < 4.78 is 13.9. The van der Waals surface area contributed by atoms with Gasteiger partial charge in [0.05, 0.1) is 5.56 Å². The van der Waals surface area contributed by atoms with Crippen molar-refractivity contribution in [3.05, 3.63) is 34.6 Å². The lowest BCUT2D eigenvalue weighted by atomic mass is 10.2. The summed E-state index contributed by atoms with van der Waals surface area (Å²) in [6.45, 7) is 5.40. The minimum atomic E-state index is -0.543. The van der Waals surface area contributed by atoms with Crippen LogP contribution in [0.4, 0.5) is 4.39 Å². The van der Waals surface area contributed by atoms with Crippen LogP contribution in [0.15, 0.2) is 18.2 Å². The highest BCUT2D eigenvalue weighted by atomic mass is 35.5. The van der Waals surface area contributed by atoms with Gasteiger partial charge in [0.1, 0.15) is 5.82 Å². The molecule has 122 valence electrons. The van der Waals surface area contributed by atoms with Crippen LogP contribution in [0.1, 0.15) is 16.8 Å². The normalized spacial score (nSPS) is 22.5. The largest absolute Gasteiger partial charge is 0.337 e. The van der Waals surface area contributed by atoms with Gasteiger partial charge in [-0.25, -0.2) is 4.39 Å². The first-order valence-electron chi connectivity index (χ1n) is 7.34. The number of hydrogen-bond donors (Lipinski definition) is 1. The van der Waals surface area contributed by atoms with E-state index in [0.717, 1.165) is 32.6 Å². The maximum absolute atomic E-state index is 13.9. The highest BCUT2D eigenvalue weighted by molar-refractivity contribution is 6.30. The van der Waals surface area contributed by atoms with Gasteiger partial charge in [0.15, 0.2) is 0 Å². The van der Waals surface area contributed by atoms with Crippen LogP contribution in [0.3, 0.4) is 0 Å². The van der Waals surface area contributed by atoms with Gasteiger partial charge in [0.2, 0.25) is 0 Å². The molecule has 2 saturated heterocycles. The highest BCUT2D eigenvalue weighted by Crippen LogP contribution is 2.21. The van der Waals surface area contributed by atoms with Gasteiger partial charge in [-0.15, -0.1) is 12.4 Å². The second-order valence-electron chi connectivity index (χ2n) is 5.60. The molecule has 1 N–H and O–H groups in total. The fourth-order valence-electron chi connectivity index (χ4n) is 3.10. The van der Waals surface area contributed by atoms with E-state index < -0.39 is 5.82 Å². The van der Waals surface area contributed by atoms with Crippen LogP contribution in [0.2, 0.25) is 5.02 Å². The molecule has 22 heavy (non-hydrogen) atoms. The van der Waals surface area contributed by atoms with E-state index in [9.17, 15) is 9.18 Å².